The van der Waals surface area contributed by atoms with Crippen LogP contribution in [0.4, 0.5) is 8.78 Å². The average molecular weight is 475 g/mol. The molecule has 3 fully saturated rings. The van der Waals surface area contributed by atoms with Crippen LogP contribution in [-0.4, -0.2) is 47.6 Å². The van der Waals surface area contributed by atoms with Crippen LogP contribution in [0, 0.1) is 17.8 Å². The van der Waals surface area contributed by atoms with Crippen molar-refractivity contribution in [3.05, 3.63) is 35.4 Å². The van der Waals surface area contributed by atoms with E-state index in [4.69, 9.17) is 0 Å². The van der Waals surface area contributed by atoms with Gasteiger partial charge in [-0.3, -0.25) is 14.4 Å². The molecule has 0 radical (unpaired) electrons. The minimum Gasteiger partial charge on any atom is -0.342 e. The molecule has 5 nitrogen and oxygen atoms in total. The quantitative estimate of drug-likeness (QED) is 0.608. The second-order valence-corrected chi connectivity index (χ2v) is 10.7. The lowest BCUT2D eigenvalue weighted by molar-refractivity contribution is -0.136. The Morgan fingerprint density at radius 1 is 1.06 bits per heavy atom. The molecule has 1 N–H and O–H groups in total. The van der Waals surface area contributed by atoms with Gasteiger partial charge in [0.1, 0.15) is 5.92 Å². The summed E-state index contributed by atoms with van der Waals surface area (Å²) in [5.41, 5.74) is 1.42. The summed E-state index contributed by atoms with van der Waals surface area (Å²) >= 11 is 0. The minimum atomic E-state index is -2.86. The van der Waals surface area contributed by atoms with Crippen LogP contribution in [-0.2, 0) is 9.59 Å². The Morgan fingerprint density at radius 3 is 2.41 bits per heavy atom. The van der Waals surface area contributed by atoms with Crippen molar-refractivity contribution in [3.63, 3.8) is 0 Å². The molecule has 1 saturated heterocycles. The Bertz CT molecular complexity index is 926. The lowest BCUT2D eigenvalue weighted by Gasteiger charge is -2.33. The molecule has 3 atom stereocenters. The van der Waals surface area contributed by atoms with Crippen molar-refractivity contribution in [2.45, 2.75) is 83.1 Å². The van der Waals surface area contributed by atoms with E-state index in [0.29, 0.717) is 18.7 Å². The molecule has 2 amide bonds. The van der Waals surface area contributed by atoms with Crippen molar-refractivity contribution in [1.82, 2.24) is 10.2 Å². The van der Waals surface area contributed by atoms with E-state index in [0.717, 1.165) is 44.1 Å². The highest BCUT2D eigenvalue weighted by Gasteiger charge is 2.62. The van der Waals surface area contributed by atoms with Crippen LogP contribution in [0.1, 0.15) is 87.1 Å². The van der Waals surface area contributed by atoms with E-state index in [1.807, 2.05) is 32.0 Å². The van der Waals surface area contributed by atoms with E-state index in [1.165, 1.54) is 6.42 Å². The van der Waals surface area contributed by atoms with Crippen molar-refractivity contribution in [1.29, 1.82) is 0 Å². The molecule has 2 unspecified atom stereocenters. The molecule has 2 aliphatic carbocycles. The van der Waals surface area contributed by atoms with Crippen LogP contribution in [0.25, 0.3) is 0 Å². The second-order valence-electron chi connectivity index (χ2n) is 10.7. The number of halogens is 2. The van der Waals surface area contributed by atoms with E-state index in [9.17, 15) is 23.2 Å². The zero-order valence-corrected chi connectivity index (χ0v) is 20.2. The topological polar surface area (TPSA) is 66.5 Å². The number of ketones is 1. The number of nitrogens with zero attached hydrogens (tertiary/aromatic N) is 1. The monoisotopic (exact) mass is 474 g/mol. The van der Waals surface area contributed by atoms with E-state index in [-0.39, 0.29) is 35.9 Å². The maximum atomic E-state index is 13.4. The third kappa shape index (κ3) is 5.49. The molecule has 3 aliphatic rings. The van der Waals surface area contributed by atoms with Gasteiger partial charge in [-0.1, -0.05) is 45.2 Å². The van der Waals surface area contributed by atoms with Crippen molar-refractivity contribution in [2.24, 2.45) is 17.8 Å². The lowest BCUT2D eigenvalue weighted by atomic mass is 9.80. The van der Waals surface area contributed by atoms with E-state index in [1.54, 1.807) is 11.0 Å². The number of hydrogen-bond acceptors (Lipinski definition) is 3. The Kier molecular flexibility index (Phi) is 7.39. The number of hydrogen-bond donors (Lipinski definition) is 1. The number of Topliss-reactive ketones (excluding diaryl/α,β-unsaturated/α-hetero) is 1. The van der Waals surface area contributed by atoms with E-state index < -0.39 is 23.8 Å². The Hall–Kier alpha value is -2.31. The number of carbonyl (C=O) groups excluding carboxylic acids is 3. The highest BCUT2D eigenvalue weighted by molar-refractivity contribution is 5.98. The Morgan fingerprint density at radius 2 is 1.76 bits per heavy atom. The van der Waals surface area contributed by atoms with Crippen molar-refractivity contribution in [2.75, 3.05) is 13.1 Å². The molecule has 1 aliphatic heterocycles. The van der Waals surface area contributed by atoms with Gasteiger partial charge in [0, 0.05) is 36.9 Å². The van der Waals surface area contributed by atoms with Crippen LogP contribution in [0.2, 0.25) is 0 Å². The Balaban J connectivity index is 1.45. The van der Waals surface area contributed by atoms with Crippen LogP contribution < -0.4 is 5.32 Å². The molecular weight excluding hydrogens is 438 g/mol. The Labute approximate surface area is 200 Å². The van der Waals surface area contributed by atoms with Gasteiger partial charge in [0.2, 0.25) is 5.91 Å². The molecule has 1 heterocycles. The fourth-order valence-corrected chi connectivity index (χ4v) is 5.56. The molecule has 0 aromatic heterocycles. The van der Waals surface area contributed by atoms with Crippen LogP contribution in [0.15, 0.2) is 24.3 Å². The summed E-state index contributed by atoms with van der Waals surface area (Å²) in [5, 5.41) is 3.04. The molecule has 7 heteroatoms. The molecule has 4 rings (SSSR count). The van der Waals surface area contributed by atoms with Crippen molar-refractivity contribution in [3.8, 4) is 0 Å². The molecule has 186 valence electrons. The number of carbonyl (C=O) groups is 3. The first-order valence-corrected chi connectivity index (χ1v) is 12.8. The average Bonchev–Trinajstić information content (AvgIpc) is 3.49. The number of alkyl halides is 2. The van der Waals surface area contributed by atoms with E-state index >= 15 is 0 Å². The third-order valence-corrected chi connectivity index (χ3v) is 7.76. The fourth-order valence-electron chi connectivity index (χ4n) is 5.56. The van der Waals surface area contributed by atoms with Gasteiger partial charge in [0.05, 0.1) is 6.04 Å². The zero-order valence-electron chi connectivity index (χ0n) is 20.2. The van der Waals surface area contributed by atoms with Gasteiger partial charge < -0.3 is 10.2 Å². The normalized spacial score (nSPS) is 25.6. The summed E-state index contributed by atoms with van der Waals surface area (Å²) in [6, 6.07) is 6.85. The molecule has 0 spiro atoms. The zero-order chi connectivity index (χ0) is 24.5. The summed E-state index contributed by atoms with van der Waals surface area (Å²) in [5.74, 6) is -4.63. The number of piperidine rings is 1. The first kappa shape index (κ1) is 24.8. The minimum absolute atomic E-state index is 0.00394. The predicted octanol–water partition coefficient (Wildman–Crippen LogP) is 4.95. The maximum Gasteiger partial charge on any atom is 0.260 e. The lowest BCUT2D eigenvalue weighted by Crippen LogP contribution is -2.48. The first-order valence-electron chi connectivity index (χ1n) is 12.8. The standard InChI is InChI=1S/C27H36F2N2O3/c1-17(2)24(32)23(18-8-4-3-5-9-18)30-25(33)20-11-6-10-19(14-20)21-12-7-13-31(16-21)26(34)22-15-27(22,28)29/h6,10-11,14,17-18,21-23H,3-5,7-9,12-13,15-16H2,1-2H3,(H,30,33)/t21?,22?,23-/m1/s1. The summed E-state index contributed by atoms with van der Waals surface area (Å²) in [6.07, 6.45) is 6.49. The molecule has 34 heavy (non-hydrogen) atoms. The smallest absolute Gasteiger partial charge is 0.260 e. The molecule has 0 bridgehead atoms. The van der Waals surface area contributed by atoms with Crippen LogP contribution >= 0.6 is 0 Å². The number of likely N-dealkylation sites (tertiary alicyclic amines) is 1. The number of rotatable bonds is 7. The SMILES string of the molecule is CC(C)C(=O)[C@H](NC(=O)c1cccc(C2CCCN(C(=O)C3CC3(F)F)C2)c1)C1CCCCC1. The highest BCUT2D eigenvalue weighted by Crippen LogP contribution is 2.50. The maximum absolute atomic E-state index is 13.4. The molecule has 1 aromatic carbocycles. The number of benzene rings is 1. The molecule has 2 saturated carbocycles. The highest BCUT2D eigenvalue weighted by atomic mass is 19.3. The van der Waals surface area contributed by atoms with Gasteiger partial charge in [-0.15, -0.1) is 0 Å². The summed E-state index contributed by atoms with van der Waals surface area (Å²) in [6.45, 7) is 4.65. The summed E-state index contributed by atoms with van der Waals surface area (Å²) < 4.78 is 26.8. The largest absolute Gasteiger partial charge is 0.342 e. The second kappa shape index (κ2) is 10.1. The van der Waals surface area contributed by atoms with Crippen molar-refractivity contribution < 1.29 is 23.2 Å². The van der Waals surface area contributed by atoms with Gasteiger partial charge in [-0.25, -0.2) is 8.78 Å². The number of amides is 2. The first-order chi connectivity index (χ1) is 16.2. The van der Waals surface area contributed by atoms with Gasteiger partial charge in [-0.05, 0) is 49.3 Å². The van der Waals surface area contributed by atoms with E-state index in [2.05, 4.69) is 5.32 Å². The van der Waals surface area contributed by atoms with Crippen LogP contribution in [0.3, 0.4) is 0 Å². The van der Waals surface area contributed by atoms with Crippen molar-refractivity contribution >= 4 is 17.6 Å². The van der Waals surface area contributed by atoms with Crippen LogP contribution in [0.5, 0.6) is 0 Å². The third-order valence-electron chi connectivity index (χ3n) is 7.76. The van der Waals surface area contributed by atoms with Gasteiger partial charge >= 0.3 is 0 Å². The molecular formula is C27H36F2N2O3. The van der Waals surface area contributed by atoms with Gasteiger partial charge in [-0.2, -0.15) is 0 Å². The molecule has 1 aromatic rings. The summed E-state index contributed by atoms with van der Waals surface area (Å²) in [4.78, 5) is 40.1. The summed E-state index contributed by atoms with van der Waals surface area (Å²) in [7, 11) is 0. The van der Waals surface area contributed by atoms with Gasteiger partial charge in [0.25, 0.3) is 11.8 Å². The predicted molar refractivity (Wildman–Crippen MR) is 126 cm³/mol. The fraction of sp³-hybridized carbons (Fsp3) is 0.667. The number of nitrogens with one attached hydrogen (secondary N) is 1. The van der Waals surface area contributed by atoms with Gasteiger partial charge in [0.15, 0.2) is 5.78 Å².